The zero-order valence-electron chi connectivity index (χ0n) is 17.2. The van der Waals surface area contributed by atoms with E-state index in [4.69, 9.17) is 4.74 Å². The first kappa shape index (κ1) is 24.1. The van der Waals surface area contributed by atoms with Gasteiger partial charge in [0.15, 0.2) is 12.4 Å². The average Bonchev–Trinajstić information content (AvgIpc) is 3.23. The molecule has 8 nitrogen and oxygen atoms in total. The molecule has 166 valence electrons. The number of carbonyl (C=O) groups excluding carboxylic acids is 2. The molecule has 2 atom stereocenters. The van der Waals surface area contributed by atoms with Gasteiger partial charge in [0.1, 0.15) is 6.04 Å². The van der Waals surface area contributed by atoms with E-state index in [1.807, 2.05) is 37.3 Å². The van der Waals surface area contributed by atoms with E-state index in [-0.39, 0.29) is 31.1 Å². The minimum Gasteiger partial charge on any atom is -1.00 e. The van der Waals surface area contributed by atoms with Crippen LogP contribution in [0.3, 0.4) is 0 Å². The number of carbonyl (C=O) groups is 3. The van der Waals surface area contributed by atoms with Crippen LogP contribution in [0.5, 0.6) is 0 Å². The first-order chi connectivity index (χ1) is 14.4. The van der Waals surface area contributed by atoms with Crippen LogP contribution in [0.1, 0.15) is 35.7 Å². The zero-order chi connectivity index (χ0) is 21.5. The minimum atomic E-state index is -0.979. The van der Waals surface area contributed by atoms with E-state index in [0.29, 0.717) is 31.4 Å². The maximum Gasteiger partial charge on any atom is 0.412 e. The molecule has 1 fully saturated rings. The van der Waals surface area contributed by atoms with Crippen LogP contribution in [0.15, 0.2) is 54.9 Å². The number of carboxylic acids is 1. The van der Waals surface area contributed by atoms with Crippen LogP contribution in [-0.2, 0) is 22.7 Å². The molecule has 0 saturated carbocycles. The van der Waals surface area contributed by atoms with E-state index in [9.17, 15) is 19.5 Å². The van der Waals surface area contributed by atoms with Gasteiger partial charge in [0, 0.05) is 24.7 Å². The quantitative estimate of drug-likeness (QED) is 0.529. The minimum absolute atomic E-state index is 0. The van der Waals surface area contributed by atoms with Gasteiger partial charge in [-0.1, -0.05) is 30.3 Å². The number of halogens is 1. The van der Waals surface area contributed by atoms with Gasteiger partial charge in [-0.2, -0.15) is 4.57 Å². The van der Waals surface area contributed by atoms with Crippen molar-refractivity contribution in [3.63, 3.8) is 0 Å². The molecule has 31 heavy (non-hydrogen) atoms. The molecule has 2 heterocycles. The fourth-order valence-corrected chi connectivity index (χ4v) is 3.51. The number of aliphatic carboxylic acids is 1. The summed E-state index contributed by atoms with van der Waals surface area (Å²) in [6, 6.07) is 12.2. The molecular formula is C22H26ClN3O5. The third-order valence-electron chi connectivity index (χ3n) is 5.03. The van der Waals surface area contributed by atoms with Crippen molar-refractivity contribution in [2.75, 3.05) is 6.54 Å². The lowest BCUT2D eigenvalue weighted by atomic mass is 10.1. The third kappa shape index (κ3) is 6.68. The van der Waals surface area contributed by atoms with Gasteiger partial charge in [-0.25, -0.2) is 9.59 Å². The number of ether oxygens (including phenoxy) is 1. The van der Waals surface area contributed by atoms with Crippen molar-refractivity contribution in [2.24, 2.45) is 0 Å². The molecule has 1 aliphatic rings. The summed E-state index contributed by atoms with van der Waals surface area (Å²) in [6.07, 6.45) is 4.58. The van der Waals surface area contributed by atoms with E-state index in [0.717, 1.165) is 5.56 Å². The van der Waals surface area contributed by atoms with Gasteiger partial charge in [-0.3, -0.25) is 4.79 Å². The second kappa shape index (κ2) is 11.3. The number of hydrogen-bond donors (Lipinski definition) is 2. The summed E-state index contributed by atoms with van der Waals surface area (Å²) < 4.78 is 6.85. The van der Waals surface area contributed by atoms with Crippen molar-refractivity contribution in [1.82, 2.24) is 10.2 Å². The maximum atomic E-state index is 12.6. The summed E-state index contributed by atoms with van der Waals surface area (Å²) in [7, 11) is 0. The Kier molecular flexibility index (Phi) is 8.81. The lowest BCUT2D eigenvalue weighted by Crippen LogP contribution is -3.00. The highest BCUT2D eigenvalue weighted by Gasteiger charge is 2.34. The van der Waals surface area contributed by atoms with Crippen LogP contribution in [0.25, 0.3) is 0 Å². The van der Waals surface area contributed by atoms with E-state index in [1.54, 1.807) is 29.1 Å². The molecule has 1 aromatic heterocycles. The number of likely N-dealkylation sites (tertiary alicyclic amines) is 1. The van der Waals surface area contributed by atoms with Crippen LogP contribution in [0, 0.1) is 0 Å². The largest absolute Gasteiger partial charge is 1.00 e. The molecule has 0 aliphatic carbocycles. The fourth-order valence-electron chi connectivity index (χ4n) is 3.51. The van der Waals surface area contributed by atoms with Crippen molar-refractivity contribution in [2.45, 2.75) is 45.0 Å². The number of carboxylic acid groups (broad SMARTS) is 1. The first-order valence-electron chi connectivity index (χ1n) is 9.94. The lowest BCUT2D eigenvalue weighted by Gasteiger charge is -2.21. The smallest absolute Gasteiger partial charge is 0.412 e. The number of hydrogen-bond acceptors (Lipinski definition) is 4. The molecule has 1 aromatic carbocycles. The molecule has 0 unspecified atom stereocenters. The number of benzene rings is 1. The molecule has 1 aliphatic heterocycles. The summed E-state index contributed by atoms with van der Waals surface area (Å²) in [5.74, 6) is -1.28. The Bertz CT molecular complexity index is 892. The van der Waals surface area contributed by atoms with E-state index < -0.39 is 18.1 Å². The average molecular weight is 448 g/mol. The van der Waals surface area contributed by atoms with E-state index in [1.165, 1.54) is 4.90 Å². The van der Waals surface area contributed by atoms with Gasteiger partial charge in [0.25, 0.3) is 12.6 Å². The summed E-state index contributed by atoms with van der Waals surface area (Å²) >= 11 is 0. The molecule has 3 rings (SSSR count). The second-order valence-electron chi connectivity index (χ2n) is 7.39. The number of nitrogens with one attached hydrogen (secondary N) is 1. The van der Waals surface area contributed by atoms with Crippen LogP contribution in [0.4, 0.5) is 4.79 Å². The molecule has 1 saturated heterocycles. The first-order valence-corrected chi connectivity index (χ1v) is 9.94. The summed E-state index contributed by atoms with van der Waals surface area (Å²) in [4.78, 5) is 37.2. The van der Waals surface area contributed by atoms with Gasteiger partial charge >= 0.3 is 12.1 Å². The maximum absolute atomic E-state index is 12.6. The molecule has 2 aromatic rings. The number of nitrogens with zero attached hydrogens (tertiary/aromatic N) is 2. The van der Waals surface area contributed by atoms with Crippen molar-refractivity contribution < 1.29 is 41.2 Å². The SMILES string of the molecule is C[C@@H](Cc1ccccc1)NC(=O)OC[n+]1ccc(C(=O)N2CCC[C@H]2C(=O)O)cc1.[Cl-]. The molecule has 2 N–H and O–H groups in total. The molecule has 9 heteroatoms. The number of amides is 2. The van der Waals surface area contributed by atoms with Gasteiger partial charge in [0.05, 0.1) is 5.56 Å². The van der Waals surface area contributed by atoms with Crippen molar-refractivity contribution in [3.8, 4) is 0 Å². The molecular weight excluding hydrogens is 422 g/mol. The lowest BCUT2D eigenvalue weighted by molar-refractivity contribution is -0.727. The number of pyridine rings is 1. The van der Waals surface area contributed by atoms with Crippen molar-refractivity contribution >= 4 is 18.0 Å². The van der Waals surface area contributed by atoms with E-state index in [2.05, 4.69) is 5.32 Å². The Balaban J connectivity index is 0.00000341. The zero-order valence-corrected chi connectivity index (χ0v) is 18.0. The number of aromatic nitrogens is 1. The van der Waals surface area contributed by atoms with Gasteiger partial charge in [-0.05, 0) is 31.7 Å². The summed E-state index contributed by atoms with van der Waals surface area (Å²) in [5.41, 5.74) is 1.53. The molecule has 0 spiro atoms. The van der Waals surface area contributed by atoms with Crippen molar-refractivity contribution in [3.05, 3.63) is 66.0 Å². The predicted molar refractivity (Wildman–Crippen MR) is 108 cm³/mol. The molecule has 2 amide bonds. The van der Waals surface area contributed by atoms with Gasteiger partial charge in [0.2, 0.25) is 0 Å². The summed E-state index contributed by atoms with van der Waals surface area (Å²) in [5, 5.41) is 12.0. The van der Waals surface area contributed by atoms with Crippen LogP contribution < -0.4 is 22.3 Å². The second-order valence-corrected chi connectivity index (χ2v) is 7.39. The Morgan fingerprint density at radius 1 is 1.19 bits per heavy atom. The van der Waals surface area contributed by atoms with Crippen LogP contribution in [-0.4, -0.2) is 46.6 Å². The van der Waals surface area contributed by atoms with Gasteiger partial charge in [-0.15, -0.1) is 0 Å². The molecule has 0 radical (unpaired) electrons. The Labute approximate surface area is 187 Å². The van der Waals surface area contributed by atoms with Crippen LogP contribution >= 0.6 is 0 Å². The Hall–Kier alpha value is -3.13. The van der Waals surface area contributed by atoms with Crippen molar-refractivity contribution in [1.29, 1.82) is 0 Å². The van der Waals surface area contributed by atoms with E-state index >= 15 is 0 Å². The standard InChI is InChI=1S/C22H25N3O5.ClH/c1-16(14-17-6-3-2-4-7-17)23-22(29)30-15-24-12-9-18(10-13-24)20(26)25-11-5-8-19(25)21(27)28;/h2-4,6-7,9-10,12-13,16,19H,5,8,11,14-15H2,1H3,(H-,23,27,28,29);1H/t16-,19-;/m0./s1. The normalized spacial score (nSPS) is 16.2. The predicted octanol–water partition coefficient (Wildman–Crippen LogP) is -1.02. The third-order valence-corrected chi connectivity index (χ3v) is 5.03. The monoisotopic (exact) mass is 447 g/mol. The Morgan fingerprint density at radius 3 is 2.52 bits per heavy atom. The molecule has 0 bridgehead atoms. The van der Waals surface area contributed by atoms with Gasteiger partial charge < -0.3 is 32.5 Å². The number of rotatable bonds is 7. The number of alkyl carbamates (subject to hydrolysis) is 1. The highest BCUT2D eigenvalue weighted by molar-refractivity contribution is 5.96. The highest BCUT2D eigenvalue weighted by atomic mass is 35.5. The van der Waals surface area contributed by atoms with Crippen LogP contribution in [0.2, 0.25) is 0 Å². The highest BCUT2D eigenvalue weighted by Crippen LogP contribution is 2.19. The topological polar surface area (TPSA) is 99.8 Å². The fraction of sp³-hybridized carbons (Fsp3) is 0.364. The Morgan fingerprint density at radius 2 is 1.87 bits per heavy atom. The summed E-state index contributed by atoms with van der Waals surface area (Å²) in [6.45, 7) is 2.35.